The fourth-order valence-electron chi connectivity index (χ4n) is 6.88. The Morgan fingerprint density at radius 2 is 1.41 bits per heavy atom. The molecule has 0 spiro atoms. The third kappa shape index (κ3) is 2.93. The second kappa shape index (κ2) is 6.33. The van der Waals surface area contributed by atoms with E-state index in [1.807, 2.05) is 11.0 Å². The molecule has 5 fully saturated rings. The molecule has 27 heavy (non-hydrogen) atoms. The molecular weight excluding hydrogens is 358 g/mol. The monoisotopic (exact) mass is 387 g/mol. The molecule has 146 valence electrons. The second-order valence-electron chi connectivity index (χ2n) is 9.55. The first-order valence-electron chi connectivity index (χ1n) is 10.5. The highest BCUT2D eigenvalue weighted by Crippen LogP contribution is 2.60. The molecule has 6 rings (SSSR count). The van der Waals surface area contributed by atoms with Crippen LogP contribution in [-0.2, 0) is 14.6 Å². The average Bonchev–Trinajstić information content (AvgIpc) is 2.67. The quantitative estimate of drug-likeness (QED) is 0.795. The minimum absolute atomic E-state index is 0.111. The zero-order valence-electron chi connectivity index (χ0n) is 15.8. The smallest absolute Gasteiger partial charge is 0.228 e. The van der Waals surface area contributed by atoms with E-state index in [1.165, 1.54) is 19.3 Å². The van der Waals surface area contributed by atoms with Gasteiger partial charge in [0.25, 0.3) is 0 Å². The summed E-state index contributed by atoms with van der Waals surface area (Å²) in [6.07, 6.45) is 8.39. The molecule has 0 N–H and O–H groups in total. The van der Waals surface area contributed by atoms with Crippen LogP contribution >= 0.6 is 0 Å². The first kappa shape index (κ1) is 17.7. The molecule has 4 saturated carbocycles. The number of likely N-dealkylation sites (tertiary alicyclic amines) is 1. The minimum Gasteiger partial charge on any atom is -0.342 e. The molecule has 0 radical (unpaired) electrons. The van der Waals surface area contributed by atoms with Crippen LogP contribution < -0.4 is 0 Å². The molecule has 1 aromatic rings. The van der Waals surface area contributed by atoms with Crippen molar-refractivity contribution in [2.45, 2.75) is 61.5 Å². The predicted octanol–water partition coefficient (Wildman–Crippen LogP) is 3.67. The van der Waals surface area contributed by atoms with Gasteiger partial charge < -0.3 is 4.90 Å². The van der Waals surface area contributed by atoms with Crippen LogP contribution in [0.1, 0.15) is 51.4 Å². The topological polar surface area (TPSA) is 54.5 Å². The van der Waals surface area contributed by atoms with Crippen LogP contribution in [-0.4, -0.2) is 37.6 Å². The van der Waals surface area contributed by atoms with Gasteiger partial charge in [-0.25, -0.2) is 8.42 Å². The predicted molar refractivity (Wildman–Crippen MR) is 104 cm³/mol. The zero-order valence-corrected chi connectivity index (χ0v) is 16.7. The van der Waals surface area contributed by atoms with Gasteiger partial charge in [0, 0.05) is 13.1 Å². The summed E-state index contributed by atoms with van der Waals surface area (Å²) >= 11 is 0. The molecule has 4 nitrogen and oxygen atoms in total. The molecule has 1 amide bonds. The zero-order chi connectivity index (χ0) is 18.6. The maximum atomic E-state index is 13.5. The molecule has 0 unspecified atom stereocenters. The summed E-state index contributed by atoms with van der Waals surface area (Å²) in [6, 6.07) is 8.76. The Labute approximate surface area is 162 Å². The van der Waals surface area contributed by atoms with E-state index in [0.717, 1.165) is 37.0 Å². The average molecular weight is 388 g/mol. The van der Waals surface area contributed by atoms with Crippen molar-refractivity contribution < 1.29 is 13.2 Å². The summed E-state index contributed by atoms with van der Waals surface area (Å²) < 4.78 is 25.8. The van der Waals surface area contributed by atoms with Crippen LogP contribution in [0.3, 0.4) is 0 Å². The van der Waals surface area contributed by atoms with Gasteiger partial charge in [0.2, 0.25) is 5.91 Å². The molecule has 1 aliphatic heterocycles. The molecule has 5 aliphatic rings. The van der Waals surface area contributed by atoms with Crippen LogP contribution in [0.25, 0.3) is 0 Å². The van der Waals surface area contributed by atoms with Crippen molar-refractivity contribution in [1.29, 1.82) is 0 Å². The Kier molecular flexibility index (Phi) is 4.15. The van der Waals surface area contributed by atoms with Gasteiger partial charge >= 0.3 is 0 Å². The molecular formula is C22H29NO3S. The van der Waals surface area contributed by atoms with Crippen LogP contribution in [0.15, 0.2) is 35.2 Å². The highest BCUT2D eigenvalue weighted by molar-refractivity contribution is 7.92. The van der Waals surface area contributed by atoms with Crippen LogP contribution in [0.4, 0.5) is 0 Å². The number of hydrogen-bond donors (Lipinski definition) is 0. The molecule has 0 aromatic heterocycles. The maximum absolute atomic E-state index is 13.5. The Morgan fingerprint density at radius 1 is 0.889 bits per heavy atom. The lowest BCUT2D eigenvalue weighted by atomic mass is 9.49. The molecule has 1 saturated heterocycles. The Balaban J connectivity index is 1.28. The van der Waals surface area contributed by atoms with Crippen molar-refractivity contribution in [1.82, 2.24) is 4.90 Å². The molecule has 1 heterocycles. The van der Waals surface area contributed by atoms with E-state index >= 15 is 0 Å². The third-order valence-electron chi connectivity index (χ3n) is 7.73. The summed E-state index contributed by atoms with van der Waals surface area (Å²) in [7, 11) is -3.29. The summed E-state index contributed by atoms with van der Waals surface area (Å²) in [6.45, 7) is 1.19. The highest BCUT2D eigenvalue weighted by atomic mass is 32.2. The number of benzene rings is 1. The minimum atomic E-state index is -3.29. The van der Waals surface area contributed by atoms with E-state index in [0.29, 0.717) is 36.7 Å². The SMILES string of the molecule is O=C(N1CCC(S(=O)(=O)c2ccccc2)CC1)C12CC3CC(CC(C3)C1)C2. The third-order valence-corrected chi connectivity index (χ3v) is 10.0. The summed E-state index contributed by atoms with van der Waals surface area (Å²) in [5.74, 6) is 2.63. The lowest BCUT2D eigenvalue weighted by Crippen LogP contribution is -2.56. The first-order valence-corrected chi connectivity index (χ1v) is 12.1. The molecule has 4 bridgehead atoms. The molecule has 0 atom stereocenters. The van der Waals surface area contributed by atoms with Gasteiger partial charge in [-0.1, -0.05) is 18.2 Å². The Morgan fingerprint density at radius 3 is 1.93 bits per heavy atom. The van der Waals surface area contributed by atoms with Crippen molar-refractivity contribution >= 4 is 15.7 Å². The Bertz CT molecular complexity index is 789. The molecule has 5 heteroatoms. The number of carbonyl (C=O) groups is 1. The fraction of sp³-hybridized carbons (Fsp3) is 0.682. The van der Waals surface area contributed by atoms with Crippen molar-refractivity contribution in [3.05, 3.63) is 30.3 Å². The number of rotatable bonds is 3. The van der Waals surface area contributed by atoms with Gasteiger partial charge in [-0.15, -0.1) is 0 Å². The number of amides is 1. The van der Waals surface area contributed by atoms with Gasteiger partial charge in [0.1, 0.15) is 0 Å². The maximum Gasteiger partial charge on any atom is 0.228 e. The fourth-order valence-corrected chi connectivity index (χ4v) is 8.63. The summed E-state index contributed by atoms with van der Waals surface area (Å²) in [4.78, 5) is 15.9. The number of hydrogen-bond acceptors (Lipinski definition) is 3. The van der Waals surface area contributed by atoms with Crippen LogP contribution in [0, 0.1) is 23.2 Å². The van der Waals surface area contributed by atoms with Gasteiger partial charge in [-0.3, -0.25) is 4.79 Å². The number of piperidine rings is 1. The van der Waals surface area contributed by atoms with Gasteiger partial charge in [0.15, 0.2) is 9.84 Å². The van der Waals surface area contributed by atoms with Crippen molar-refractivity contribution in [2.75, 3.05) is 13.1 Å². The summed E-state index contributed by atoms with van der Waals surface area (Å²) in [5.41, 5.74) is -0.111. The largest absolute Gasteiger partial charge is 0.342 e. The van der Waals surface area contributed by atoms with Gasteiger partial charge in [-0.05, 0) is 81.3 Å². The van der Waals surface area contributed by atoms with E-state index in [4.69, 9.17) is 0 Å². The first-order chi connectivity index (χ1) is 13.0. The molecule has 1 aromatic carbocycles. The van der Waals surface area contributed by atoms with Crippen molar-refractivity contribution in [3.8, 4) is 0 Å². The lowest BCUT2D eigenvalue weighted by molar-refractivity contribution is -0.158. The van der Waals surface area contributed by atoms with E-state index in [9.17, 15) is 13.2 Å². The number of sulfone groups is 1. The van der Waals surface area contributed by atoms with Crippen LogP contribution in [0.5, 0.6) is 0 Å². The Hall–Kier alpha value is -1.36. The van der Waals surface area contributed by atoms with Crippen molar-refractivity contribution in [3.63, 3.8) is 0 Å². The lowest BCUT2D eigenvalue weighted by Gasteiger charge is -2.57. The number of carbonyl (C=O) groups excluding carboxylic acids is 1. The van der Waals surface area contributed by atoms with E-state index in [1.54, 1.807) is 24.3 Å². The van der Waals surface area contributed by atoms with Gasteiger partial charge in [0.05, 0.1) is 15.6 Å². The molecule has 4 aliphatic carbocycles. The van der Waals surface area contributed by atoms with Crippen LogP contribution in [0.2, 0.25) is 0 Å². The van der Waals surface area contributed by atoms with E-state index in [-0.39, 0.29) is 10.7 Å². The van der Waals surface area contributed by atoms with E-state index in [2.05, 4.69) is 0 Å². The second-order valence-corrected chi connectivity index (χ2v) is 11.8. The summed E-state index contributed by atoms with van der Waals surface area (Å²) in [5, 5.41) is -0.361. The number of nitrogens with zero attached hydrogens (tertiary/aromatic N) is 1. The van der Waals surface area contributed by atoms with Crippen molar-refractivity contribution in [2.24, 2.45) is 23.2 Å². The normalized spacial score (nSPS) is 36.1. The van der Waals surface area contributed by atoms with Gasteiger partial charge in [-0.2, -0.15) is 0 Å². The standard InChI is InChI=1S/C22H29NO3S/c24-21(22-13-16-10-17(14-22)12-18(11-16)15-22)23-8-6-20(7-9-23)27(25,26)19-4-2-1-3-5-19/h1-5,16-18,20H,6-15H2. The highest BCUT2D eigenvalue weighted by Gasteiger charge is 2.55. The van der Waals surface area contributed by atoms with E-state index < -0.39 is 9.84 Å².